The molecule has 0 atom stereocenters. The van der Waals surface area contributed by atoms with Gasteiger partial charge in [-0.05, 0) is 0 Å². The van der Waals surface area contributed by atoms with E-state index in [0.717, 1.165) is 0 Å². The van der Waals surface area contributed by atoms with Gasteiger partial charge in [0.15, 0.2) is 0 Å². The third kappa shape index (κ3) is 2.34. The minimum atomic E-state index is -0.945. The van der Waals surface area contributed by atoms with Gasteiger partial charge < -0.3 is 0 Å². The number of hydrogen-bond donors (Lipinski definition) is 0. The van der Waals surface area contributed by atoms with Gasteiger partial charge in [0, 0.05) is 21.5 Å². The number of fused-ring (bicyclic) bond motifs is 8. The monoisotopic (exact) mass is 472 g/mol. The Hall–Kier alpha value is -5.38. The Balaban J connectivity index is 1.76. The lowest BCUT2D eigenvalue weighted by Gasteiger charge is -2.05. The number of hydrogen-bond acceptors (Lipinski definition) is 10. The predicted molar refractivity (Wildman–Crippen MR) is 134 cm³/mol. The maximum Gasteiger partial charge on any atom is 0.254 e. The van der Waals surface area contributed by atoms with E-state index in [1.54, 1.807) is 36.4 Å². The maximum atomic E-state index is 13.4. The molecule has 0 N–H and O–H groups in total. The molecule has 5 aromatic carbocycles. The third-order valence-electron chi connectivity index (χ3n) is 6.35. The molecule has 2 heterocycles. The molecular formula is C26H8N4O6. The van der Waals surface area contributed by atoms with Gasteiger partial charge in [0.2, 0.25) is 21.7 Å². The van der Waals surface area contributed by atoms with Crippen molar-refractivity contribution in [3.63, 3.8) is 0 Å². The molecule has 0 saturated carbocycles. The summed E-state index contributed by atoms with van der Waals surface area (Å²) < 4.78 is 0. The van der Waals surface area contributed by atoms with Crippen LogP contribution in [0.1, 0.15) is 0 Å². The van der Waals surface area contributed by atoms with Crippen molar-refractivity contribution in [1.82, 2.24) is 19.9 Å². The Bertz CT molecular complexity index is 2330. The highest BCUT2D eigenvalue weighted by Gasteiger charge is 2.22. The fraction of sp³-hybridized carbons (Fsp3) is 0. The predicted octanol–water partition coefficient (Wildman–Crippen LogP) is 0.660. The summed E-state index contributed by atoms with van der Waals surface area (Å²) in [6.45, 7) is 0. The zero-order valence-corrected chi connectivity index (χ0v) is 17.9. The highest BCUT2D eigenvalue weighted by molar-refractivity contribution is 6.08. The molecule has 0 aliphatic carbocycles. The molecule has 2 aromatic heterocycles. The van der Waals surface area contributed by atoms with Crippen LogP contribution in [0, 0.1) is 0 Å². The second kappa shape index (κ2) is 6.60. The molecule has 0 amide bonds. The van der Waals surface area contributed by atoms with Crippen LogP contribution in [0.25, 0.3) is 65.7 Å². The summed E-state index contributed by atoms with van der Waals surface area (Å²) in [5, 5.41) is 0.812. The van der Waals surface area contributed by atoms with Crippen LogP contribution in [0.5, 0.6) is 0 Å². The minimum Gasteiger partial charge on any atom is -0.285 e. The van der Waals surface area contributed by atoms with Crippen molar-refractivity contribution >= 4 is 65.7 Å². The summed E-state index contributed by atoms with van der Waals surface area (Å²) in [6.07, 6.45) is 0. The van der Waals surface area contributed by atoms with Crippen LogP contribution >= 0.6 is 0 Å². The molecule has 0 aliphatic heterocycles. The van der Waals surface area contributed by atoms with Gasteiger partial charge >= 0.3 is 0 Å². The van der Waals surface area contributed by atoms with Gasteiger partial charge in [-0.3, -0.25) is 28.8 Å². The van der Waals surface area contributed by atoms with E-state index >= 15 is 0 Å². The summed E-state index contributed by atoms with van der Waals surface area (Å²) in [6, 6.07) is 12.5. The Morgan fingerprint density at radius 2 is 0.583 bits per heavy atom. The summed E-state index contributed by atoms with van der Waals surface area (Å²) in [5.41, 5.74) is -7.49. The molecule has 7 aromatic rings. The van der Waals surface area contributed by atoms with Crippen molar-refractivity contribution in [2.45, 2.75) is 0 Å². The average molecular weight is 472 g/mol. The Morgan fingerprint density at radius 1 is 0.306 bits per heavy atom. The van der Waals surface area contributed by atoms with Crippen LogP contribution in [-0.4, -0.2) is 19.9 Å². The first-order valence-electron chi connectivity index (χ1n) is 10.7. The van der Waals surface area contributed by atoms with Crippen molar-refractivity contribution in [3.05, 3.63) is 110 Å². The van der Waals surface area contributed by atoms with E-state index in [1.807, 2.05) is 0 Å². The zero-order chi connectivity index (χ0) is 24.9. The second-order valence-corrected chi connectivity index (χ2v) is 8.30. The van der Waals surface area contributed by atoms with Crippen LogP contribution in [-0.2, 0) is 0 Å². The molecular weight excluding hydrogens is 464 g/mol. The molecule has 36 heavy (non-hydrogen) atoms. The summed E-state index contributed by atoms with van der Waals surface area (Å²) in [5.74, 6) is 0. The molecule has 0 unspecified atom stereocenters. The van der Waals surface area contributed by atoms with Crippen LogP contribution in [0.15, 0.2) is 77.3 Å². The van der Waals surface area contributed by atoms with Crippen molar-refractivity contribution < 1.29 is 0 Å². The van der Waals surface area contributed by atoms with Gasteiger partial charge in [-0.25, -0.2) is 19.9 Å². The van der Waals surface area contributed by atoms with E-state index < -0.39 is 43.6 Å². The molecule has 0 saturated heterocycles. The van der Waals surface area contributed by atoms with Gasteiger partial charge in [-0.1, -0.05) is 48.5 Å². The summed E-state index contributed by atoms with van der Waals surface area (Å²) in [7, 11) is 0. The minimum absolute atomic E-state index is 0.00958. The van der Waals surface area contributed by atoms with Crippen molar-refractivity contribution in [2.24, 2.45) is 0 Å². The molecule has 7 rings (SSSR count). The van der Waals surface area contributed by atoms with Crippen molar-refractivity contribution in [2.75, 3.05) is 0 Å². The molecule has 10 nitrogen and oxygen atoms in total. The lowest BCUT2D eigenvalue weighted by Crippen LogP contribution is -2.28. The molecule has 0 spiro atoms. The topological polar surface area (TPSA) is 154 Å². The Labute approximate surface area is 195 Å². The first-order chi connectivity index (χ1) is 17.4. The zero-order valence-electron chi connectivity index (χ0n) is 17.9. The van der Waals surface area contributed by atoms with Crippen molar-refractivity contribution in [3.8, 4) is 0 Å². The van der Waals surface area contributed by atoms with E-state index in [4.69, 9.17) is 0 Å². The number of benzene rings is 5. The smallest absolute Gasteiger partial charge is 0.254 e. The first-order valence-corrected chi connectivity index (χ1v) is 10.7. The van der Waals surface area contributed by atoms with Gasteiger partial charge in [0.25, 0.3) is 10.9 Å². The standard InChI is InChI=1S/C26H8N4O6/c31-21-11-7-3-1-5-9(11)13-15(25(21)35)29-19-17(27-13)23(33)20-18(24(19)34)28-14-10-6-2-4-8-12(10)22(32)26(36)16(14)30-20/h1-8H. The van der Waals surface area contributed by atoms with Crippen LogP contribution in [0.3, 0.4) is 0 Å². The van der Waals surface area contributed by atoms with E-state index in [2.05, 4.69) is 19.9 Å². The summed E-state index contributed by atoms with van der Waals surface area (Å²) in [4.78, 5) is 94.2. The lowest BCUT2D eigenvalue weighted by atomic mass is 10.1. The van der Waals surface area contributed by atoms with Crippen LogP contribution in [0.4, 0.5) is 0 Å². The van der Waals surface area contributed by atoms with E-state index in [-0.39, 0.29) is 43.9 Å². The van der Waals surface area contributed by atoms with E-state index in [0.29, 0.717) is 10.8 Å². The highest BCUT2D eigenvalue weighted by atomic mass is 16.2. The molecule has 168 valence electrons. The normalized spacial score (nSPS) is 12.0. The average Bonchev–Trinajstić information content (AvgIpc) is 2.92. The largest absolute Gasteiger partial charge is 0.285 e. The quantitative estimate of drug-likeness (QED) is 0.175. The SMILES string of the molecule is O=c1c(=O)c2nc3c(=O)c4nc5c(nc4c(=O)c3nc2c2ccccc12)c(=O)c(=O)c1ccccc15. The number of nitrogens with zero attached hydrogens (tertiary/aromatic N) is 4. The fourth-order valence-corrected chi connectivity index (χ4v) is 4.66. The second-order valence-electron chi connectivity index (χ2n) is 8.30. The van der Waals surface area contributed by atoms with Gasteiger partial charge in [0.05, 0.1) is 0 Å². The van der Waals surface area contributed by atoms with E-state index in [9.17, 15) is 28.8 Å². The number of aromatic nitrogens is 4. The Kier molecular flexibility index (Phi) is 3.67. The summed E-state index contributed by atoms with van der Waals surface area (Å²) >= 11 is 0. The van der Waals surface area contributed by atoms with E-state index in [1.165, 1.54) is 12.1 Å². The third-order valence-corrected chi connectivity index (χ3v) is 6.35. The van der Waals surface area contributed by atoms with Gasteiger partial charge in [0.1, 0.15) is 44.1 Å². The van der Waals surface area contributed by atoms with Crippen LogP contribution < -0.4 is 32.6 Å². The first kappa shape index (κ1) is 20.0. The molecule has 0 radical (unpaired) electrons. The molecule has 0 bridgehead atoms. The molecule has 0 fully saturated rings. The highest BCUT2D eigenvalue weighted by Crippen LogP contribution is 2.21. The van der Waals surface area contributed by atoms with Gasteiger partial charge in [-0.2, -0.15) is 0 Å². The lowest BCUT2D eigenvalue weighted by molar-refractivity contribution is 1.31. The Morgan fingerprint density at radius 3 is 0.944 bits per heavy atom. The van der Waals surface area contributed by atoms with Crippen LogP contribution in [0.2, 0.25) is 0 Å². The fourth-order valence-electron chi connectivity index (χ4n) is 4.66. The number of rotatable bonds is 0. The van der Waals surface area contributed by atoms with Gasteiger partial charge in [-0.15, -0.1) is 0 Å². The molecule has 0 aliphatic rings. The molecule has 10 heteroatoms. The maximum absolute atomic E-state index is 13.4. The van der Waals surface area contributed by atoms with Crippen molar-refractivity contribution in [1.29, 1.82) is 0 Å².